The van der Waals surface area contributed by atoms with Crippen LogP contribution in [0.3, 0.4) is 0 Å². The number of benzene rings is 2. The average Bonchev–Trinajstić information content (AvgIpc) is 2.48. The number of hydrogen-bond donors (Lipinski definition) is 0. The summed E-state index contributed by atoms with van der Waals surface area (Å²) in [5.74, 6) is 0. The summed E-state index contributed by atoms with van der Waals surface area (Å²) in [7, 11) is 0. The summed E-state index contributed by atoms with van der Waals surface area (Å²) >= 11 is 0. The molecule has 2 aromatic rings. The van der Waals surface area contributed by atoms with Gasteiger partial charge in [-0.05, 0) is 17.5 Å². The van der Waals surface area contributed by atoms with Crippen LogP contribution in [0.4, 0.5) is 0 Å². The Morgan fingerprint density at radius 3 is 1.42 bits per heavy atom. The molecular weight excluding hydrogens is 236 g/mol. The van der Waals surface area contributed by atoms with Crippen molar-refractivity contribution in [2.45, 2.75) is 19.6 Å². The predicted octanol–water partition coefficient (Wildman–Crippen LogP) is 3.81. The summed E-state index contributed by atoms with van der Waals surface area (Å²) in [4.78, 5) is 0. The third-order valence-electron chi connectivity index (χ3n) is 2.80. The van der Waals surface area contributed by atoms with Gasteiger partial charge in [-0.25, -0.2) is 0 Å². The Hall–Kier alpha value is -1.64. The fourth-order valence-electron chi connectivity index (χ4n) is 1.79. The first-order valence-electron chi connectivity index (χ1n) is 6.68. The molecule has 100 valence electrons. The standard InChI is InChI=1S/C17H20O2/c1-3-8-16(9-4-1)14-18-12-7-13-19-15-17-10-5-2-6-11-17/h1-6,8-11H,7,12-15H2. The molecule has 0 aliphatic heterocycles. The Bertz CT molecular complexity index is 396. The molecule has 2 rings (SSSR count). The molecular formula is C17H20O2. The van der Waals surface area contributed by atoms with Crippen LogP contribution in [-0.4, -0.2) is 13.2 Å². The molecule has 0 N–H and O–H groups in total. The zero-order valence-corrected chi connectivity index (χ0v) is 11.1. The number of rotatable bonds is 8. The quantitative estimate of drug-likeness (QED) is 0.669. The van der Waals surface area contributed by atoms with Gasteiger partial charge in [-0.3, -0.25) is 0 Å². The van der Waals surface area contributed by atoms with E-state index in [0.717, 1.165) is 19.6 Å². The normalized spacial score (nSPS) is 10.5. The van der Waals surface area contributed by atoms with E-state index in [1.807, 2.05) is 36.4 Å². The van der Waals surface area contributed by atoms with Gasteiger partial charge in [-0.1, -0.05) is 60.7 Å². The molecule has 0 fully saturated rings. The lowest BCUT2D eigenvalue weighted by atomic mass is 10.2. The van der Waals surface area contributed by atoms with Crippen molar-refractivity contribution in [2.75, 3.05) is 13.2 Å². The first-order chi connectivity index (χ1) is 9.45. The first kappa shape index (κ1) is 13.8. The van der Waals surface area contributed by atoms with Gasteiger partial charge < -0.3 is 9.47 Å². The molecule has 0 radical (unpaired) electrons. The Morgan fingerprint density at radius 1 is 0.579 bits per heavy atom. The van der Waals surface area contributed by atoms with Gasteiger partial charge in [-0.2, -0.15) is 0 Å². The van der Waals surface area contributed by atoms with Crippen LogP contribution in [0.2, 0.25) is 0 Å². The highest BCUT2D eigenvalue weighted by Gasteiger charge is 1.94. The maximum absolute atomic E-state index is 5.59. The highest BCUT2D eigenvalue weighted by Crippen LogP contribution is 2.02. The van der Waals surface area contributed by atoms with Crippen LogP contribution in [0.25, 0.3) is 0 Å². The van der Waals surface area contributed by atoms with Crippen molar-refractivity contribution in [1.29, 1.82) is 0 Å². The van der Waals surface area contributed by atoms with Gasteiger partial charge >= 0.3 is 0 Å². The molecule has 0 aliphatic rings. The minimum absolute atomic E-state index is 0.680. The lowest BCUT2D eigenvalue weighted by Gasteiger charge is -2.06. The van der Waals surface area contributed by atoms with Gasteiger partial charge in [-0.15, -0.1) is 0 Å². The molecule has 0 saturated carbocycles. The Balaban J connectivity index is 1.49. The molecule has 0 bridgehead atoms. The summed E-state index contributed by atoms with van der Waals surface area (Å²) < 4.78 is 11.2. The number of hydrogen-bond acceptors (Lipinski definition) is 2. The van der Waals surface area contributed by atoms with E-state index >= 15 is 0 Å². The SMILES string of the molecule is c1ccc(COCCCOCc2ccccc2)cc1. The maximum atomic E-state index is 5.59. The Morgan fingerprint density at radius 2 is 1.00 bits per heavy atom. The van der Waals surface area contributed by atoms with Crippen LogP contribution in [0.1, 0.15) is 17.5 Å². The number of ether oxygens (including phenoxy) is 2. The van der Waals surface area contributed by atoms with Crippen LogP contribution in [0.5, 0.6) is 0 Å². The first-order valence-corrected chi connectivity index (χ1v) is 6.68. The molecule has 0 atom stereocenters. The van der Waals surface area contributed by atoms with Crippen LogP contribution < -0.4 is 0 Å². The molecule has 0 heterocycles. The molecule has 2 heteroatoms. The Labute approximate surface area is 115 Å². The summed E-state index contributed by atoms with van der Waals surface area (Å²) in [5, 5.41) is 0. The molecule has 0 aliphatic carbocycles. The third-order valence-corrected chi connectivity index (χ3v) is 2.80. The molecule has 0 aromatic heterocycles. The smallest absolute Gasteiger partial charge is 0.0716 e. The molecule has 2 aromatic carbocycles. The van der Waals surface area contributed by atoms with Crippen LogP contribution in [-0.2, 0) is 22.7 Å². The minimum atomic E-state index is 0.680. The van der Waals surface area contributed by atoms with Gasteiger partial charge in [0.15, 0.2) is 0 Å². The molecule has 0 saturated heterocycles. The monoisotopic (exact) mass is 256 g/mol. The fourth-order valence-corrected chi connectivity index (χ4v) is 1.79. The van der Waals surface area contributed by atoms with Gasteiger partial charge in [0, 0.05) is 13.2 Å². The Kier molecular flexibility index (Phi) is 6.14. The van der Waals surface area contributed by atoms with E-state index in [9.17, 15) is 0 Å². The van der Waals surface area contributed by atoms with E-state index in [1.54, 1.807) is 0 Å². The van der Waals surface area contributed by atoms with Crippen LogP contribution in [0, 0.1) is 0 Å². The highest BCUT2D eigenvalue weighted by atomic mass is 16.5. The second-order valence-corrected chi connectivity index (χ2v) is 4.43. The van der Waals surface area contributed by atoms with Gasteiger partial charge in [0.05, 0.1) is 13.2 Å². The van der Waals surface area contributed by atoms with Gasteiger partial charge in [0.1, 0.15) is 0 Å². The lowest BCUT2D eigenvalue weighted by Crippen LogP contribution is -2.01. The predicted molar refractivity (Wildman–Crippen MR) is 76.8 cm³/mol. The summed E-state index contributed by atoms with van der Waals surface area (Å²) in [6.07, 6.45) is 0.930. The fraction of sp³-hybridized carbons (Fsp3) is 0.294. The topological polar surface area (TPSA) is 18.5 Å². The van der Waals surface area contributed by atoms with E-state index in [0.29, 0.717) is 13.2 Å². The summed E-state index contributed by atoms with van der Waals surface area (Å²) in [5.41, 5.74) is 2.43. The third kappa shape index (κ3) is 5.69. The van der Waals surface area contributed by atoms with E-state index in [4.69, 9.17) is 9.47 Å². The van der Waals surface area contributed by atoms with Crippen LogP contribution in [0.15, 0.2) is 60.7 Å². The zero-order valence-electron chi connectivity index (χ0n) is 11.1. The van der Waals surface area contributed by atoms with E-state index < -0.39 is 0 Å². The second-order valence-electron chi connectivity index (χ2n) is 4.43. The van der Waals surface area contributed by atoms with Crippen molar-refractivity contribution in [3.05, 3.63) is 71.8 Å². The highest BCUT2D eigenvalue weighted by molar-refractivity contribution is 5.14. The molecule has 0 amide bonds. The van der Waals surface area contributed by atoms with Gasteiger partial charge in [0.2, 0.25) is 0 Å². The molecule has 19 heavy (non-hydrogen) atoms. The molecule has 0 unspecified atom stereocenters. The largest absolute Gasteiger partial charge is 0.377 e. The lowest BCUT2D eigenvalue weighted by molar-refractivity contribution is 0.0695. The van der Waals surface area contributed by atoms with E-state index in [2.05, 4.69) is 24.3 Å². The van der Waals surface area contributed by atoms with Crippen molar-refractivity contribution in [1.82, 2.24) is 0 Å². The van der Waals surface area contributed by atoms with Crippen molar-refractivity contribution in [3.8, 4) is 0 Å². The summed E-state index contributed by atoms with van der Waals surface area (Å²) in [6.45, 7) is 2.84. The van der Waals surface area contributed by atoms with E-state index in [1.165, 1.54) is 11.1 Å². The van der Waals surface area contributed by atoms with Crippen molar-refractivity contribution >= 4 is 0 Å². The van der Waals surface area contributed by atoms with Crippen molar-refractivity contribution in [3.63, 3.8) is 0 Å². The molecule has 2 nitrogen and oxygen atoms in total. The minimum Gasteiger partial charge on any atom is -0.377 e. The molecule has 0 spiro atoms. The van der Waals surface area contributed by atoms with Gasteiger partial charge in [0.25, 0.3) is 0 Å². The average molecular weight is 256 g/mol. The van der Waals surface area contributed by atoms with Crippen molar-refractivity contribution in [2.24, 2.45) is 0 Å². The second kappa shape index (κ2) is 8.46. The van der Waals surface area contributed by atoms with E-state index in [-0.39, 0.29) is 0 Å². The summed E-state index contributed by atoms with van der Waals surface area (Å²) in [6, 6.07) is 20.4. The van der Waals surface area contributed by atoms with Crippen LogP contribution >= 0.6 is 0 Å². The van der Waals surface area contributed by atoms with Crippen molar-refractivity contribution < 1.29 is 9.47 Å². The maximum Gasteiger partial charge on any atom is 0.0716 e. The zero-order chi connectivity index (χ0) is 13.2.